The van der Waals surface area contributed by atoms with Gasteiger partial charge in [0.15, 0.2) is 0 Å². The summed E-state index contributed by atoms with van der Waals surface area (Å²) in [5, 5.41) is 8.23. The van der Waals surface area contributed by atoms with Crippen molar-refractivity contribution in [3.05, 3.63) is 35.4 Å². The lowest BCUT2D eigenvalue weighted by Crippen LogP contribution is -2.35. The molecule has 0 saturated heterocycles. The van der Waals surface area contributed by atoms with Crippen LogP contribution in [0, 0.1) is 5.92 Å². The van der Waals surface area contributed by atoms with Gasteiger partial charge in [0.2, 0.25) is 0 Å². The summed E-state index contributed by atoms with van der Waals surface area (Å²) in [6.45, 7) is 3.55. The smallest absolute Gasteiger partial charge is 0.320 e. The monoisotopic (exact) mass is 311 g/mol. The molecule has 9 N–H and O–H groups in total. The molecule has 0 heterocycles. The third-order valence-corrected chi connectivity index (χ3v) is 2.68. The van der Waals surface area contributed by atoms with E-state index in [-0.39, 0.29) is 17.0 Å². The van der Waals surface area contributed by atoms with Gasteiger partial charge in [0.05, 0.1) is 11.1 Å². The first-order chi connectivity index (χ1) is 10.3. The normalized spacial score (nSPS) is 11.0. The maximum Gasteiger partial charge on any atom is 0.320 e. The Morgan fingerprint density at radius 2 is 1.36 bits per heavy atom. The molecule has 1 atom stereocenters. The summed E-state index contributed by atoms with van der Waals surface area (Å²) in [6, 6.07) is 5.49. The number of hydrogen-bond acceptors (Lipinski definition) is 6. The summed E-state index contributed by atoms with van der Waals surface area (Å²) in [4.78, 5) is 32.4. The summed E-state index contributed by atoms with van der Waals surface area (Å²) in [7, 11) is 0. The number of benzene rings is 1. The van der Waals surface area contributed by atoms with Gasteiger partial charge in [-0.05, 0) is 18.1 Å². The third-order valence-electron chi connectivity index (χ3n) is 2.68. The molecule has 1 rings (SSSR count). The fraction of sp³-hybridized carbons (Fsp3) is 0.308. The van der Waals surface area contributed by atoms with Crippen molar-refractivity contribution >= 4 is 17.8 Å². The van der Waals surface area contributed by atoms with Crippen LogP contribution in [0.3, 0.4) is 0 Å². The largest absolute Gasteiger partial charge is 0.480 e. The molecular formula is C13H21N5O4. The van der Waals surface area contributed by atoms with Gasteiger partial charge in [-0.3, -0.25) is 25.2 Å². The first kappa shape index (κ1) is 19.5. The lowest BCUT2D eigenvalue weighted by molar-refractivity contribution is -0.139. The van der Waals surface area contributed by atoms with Crippen LogP contribution in [-0.2, 0) is 4.79 Å². The summed E-state index contributed by atoms with van der Waals surface area (Å²) in [6.07, 6.45) is 0. The standard InChI is InChI=1S/C8H10N4O2.C5H11NO2/c9-11-7(13)5-3-1-2-4-6(5)8(14)12-10;1-3(2)4(6)5(7)8/h1-4H,9-10H2,(H,11,13)(H,12,14);3-4H,6H2,1-2H3,(H,7,8)/t;4-/m.0/s1. The maximum absolute atomic E-state index is 11.2. The van der Waals surface area contributed by atoms with Crippen molar-refractivity contribution in [2.45, 2.75) is 19.9 Å². The SMILES string of the molecule is CC(C)[C@H](N)C(=O)O.NNC(=O)c1ccccc1C(=O)NN. The molecule has 0 fully saturated rings. The third kappa shape index (κ3) is 5.87. The molecule has 0 aliphatic heterocycles. The van der Waals surface area contributed by atoms with Crippen LogP contribution in [0.4, 0.5) is 0 Å². The predicted octanol–water partition coefficient (Wildman–Crippen LogP) is -1.05. The molecule has 122 valence electrons. The van der Waals surface area contributed by atoms with Crippen molar-refractivity contribution < 1.29 is 19.5 Å². The van der Waals surface area contributed by atoms with Crippen molar-refractivity contribution in [3.8, 4) is 0 Å². The van der Waals surface area contributed by atoms with Gasteiger partial charge in [-0.1, -0.05) is 26.0 Å². The van der Waals surface area contributed by atoms with Gasteiger partial charge in [0, 0.05) is 0 Å². The molecule has 9 heteroatoms. The summed E-state index contributed by atoms with van der Waals surface area (Å²) >= 11 is 0. The van der Waals surface area contributed by atoms with Gasteiger partial charge in [0.1, 0.15) is 6.04 Å². The van der Waals surface area contributed by atoms with E-state index in [0.717, 1.165) is 0 Å². The Kier molecular flexibility index (Phi) is 8.38. The second kappa shape index (κ2) is 9.45. The van der Waals surface area contributed by atoms with E-state index in [1.807, 2.05) is 10.9 Å². The quantitative estimate of drug-likeness (QED) is 0.233. The highest BCUT2D eigenvalue weighted by molar-refractivity contribution is 6.06. The fourth-order valence-electron chi connectivity index (χ4n) is 1.32. The average Bonchev–Trinajstić information content (AvgIpc) is 2.52. The lowest BCUT2D eigenvalue weighted by atomic mass is 10.1. The molecule has 1 aromatic rings. The van der Waals surface area contributed by atoms with E-state index >= 15 is 0 Å². The number of aliphatic carboxylic acids is 1. The van der Waals surface area contributed by atoms with Gasteiger partial charge in [-0.15, -0.1) is 0 Å². The second-order valence-corrected chi connectivity index (χ2v) is 4.60. The molecule has 9 nitrogen and oxygen atoms in total. The highest BCUT2D eigenvalue weighted by Gasteiger charge is 2.15. The van der Waals surface area contributed by atoms with E-state index in [9.17, 15) is 14.4 Å². The molecule has 0 aliphatic rings. The number of nitrogens with one attached hydrogen (secondary N) is 2. The van der Waals surface area contributed by atoms with Gasteiger partial charge in [0.25, 0.3) is 11.8 Å². The van der Waals surface area contributed by atoms with Crippen LogP contribution >= 0.6 is 0 Å². The molecule has 0 spiro atoms. The number of nitrogen functional groups attached to an aromatic ring is 2. The molecule has 0 saturated carbocycles. The average molecular weight is 311 g/mol. The minimum Gasteiger partial charge on any atom is -0.480 e. The van der Waals surface area contributed by atoms with Crippen LogP contribution in [0.1, 0.15) is 34.6 Å². The highest BCUT2D eigenvalue weighted by atomic mass is 16.4. The van der Waals surface area contributed by atoms with Crippen molar-refractivity contribution in [1.82, 2.24) is 10.9 Å². The molecule has 0 aromatic heterocycles. The number of carbonyl (C=O) groups excluding carboxylic acids is 2. The van der Waals surface area contributed by atoms with Crippen molar-refractivity contribution in [1.29, 1.82) is 0 Å². The Morgan fingerprint density at radius 3 is 1.55 bits per heavy atom. The predicted molar refractivity (Wildman–Crippen MR) is 80.2 cm³/mol. The topological polar surface area (TPSA) is 174 Å². The molecule has 22 heavy (non-hydrogen) atoms. The molecule has 2 amide bonds. The van der Waals surface area contributed by atoms with Crippen LogP contribution in [0.15, 0.2) is 24.3 Å². The maximum atomic E-state index is 11.2. The number of carbonyl (C=O) groups is 3. The number of carboxylic acid groups (broad SMARTS) is 1. The lowest BCUT2D eigenvalue weighted by Gasteiger charge is -2.07. The Hall–Kier alpha value is -2.49. The number of hydrogen-bond donors (Lipinski definition) is 6. The van der Waals surface area contributed by atoms with Crippen LogP contribution < -0.4 is 28.3 Å². The summed E-state index contributed by atoms with van der Waals surface area (Å²) in [5.74, 6) is 7.92. The zero-order chi connectivity index (χ0) is 17.3. The molecule has 0 unspecified atom stereocenters. The molecular weight excluding hydrogens is 290 g/mol. The van der Waals surface area contributed by atoms with E-state index in [2.05, 4.69) is 0 Å². The summed E-state index contributed by atoms with van der Waals surface area (Å²) in [5.41, 5.74) is 9.40. The van der Waals surface area contributed by atoms with Gasteiger partial charge < -0.3 is 10.8 Å². The minimum atomic E-state index is -0.931. The van der Waals surface area contributed by atoms with Crippen molar-refractivity contribution in [3.63, 3.8) is 0 Å². The van der Waals surface area contributed by atoms with Crippen LogP contribution in [-0.4, -0.2) is 28.9 Å². The van der Waals surface area contributed by atoms with Gasteiger partial charge in [-0.25, -0.2) is 11.7 Å². The van der Waals surface area contributed by atoms with E-state index in [4.69, 9.17) is 22.5 Å². The molecule has 0 radical (unpaired) electrons. The number of amides is 2. The number of hydrazine groups is 2. The number of nitrogens with two attached hydrogens (primary N) is 3. The number of rotatable bonds is 4. The van der Waals surface area contributed by atoms with E-state index in [1.54, 1.807) is 26.0 Å². The Balaban J connectivity index is 0.000000472. The minimum absolute atomic E-state index is 0.0208. The van der Waals surface area contributed by atoms with Crippen LogP contribution in [0.25, 0.3) is 0 Å². The highest BCUT2D eigenvalue weighted by Crippen LogP contribution is 2.07. The van der Waals surface area contributed by atoms with Crippen molar-refractivity contribution in [2.24, 2.45) is 23.3 Å². The Bertz CT molecular complexity index is 498. The fourth-order valence-corrected chi connectivity index (χ4v) is 1.32. The molecule has 0 aliphatic carbocycles. The number of carboxylic acids is 1. The van der Waals surface area contributed by atoms with E-state index in [1.165, 1.54) is 12.1 Å². The first-order valence-corrected chi connectivity index (χ1v) is 6.35. The van der Waals surface area contributed by atoms with Crippen molar-refractivity contribution in [2.75, 3.05) is 0 Å². The molecule has 0 bridgehead atoms. The Morgan fingerprint density at radius 1 is 1.00 bits per heavy atom. The van der Waals surface area contributed by atoms with Gasteiger partial charge in [-0.2, -0.15) is 0 Å². The van der Waals surface area contributed by atoms with Crippen LogP contribution in [0.5, 0.6) is 0 Å². The molecule has 1 aromatic carbocycles. The zero-order valence-electron chi connectivity index (χ0n) is 12.4. The summed E-state index contributed by atoms with van der Waals surface area (Å²) < 4.78 is 0. The van der Waals surface area contributed by atoms with Crippen LogP contribution in [0.2, 0.25) is 0 Å². The van der Waals surface area contributed by atoms with Gasteiger partial charge >= 0.3 is 5.97 Å². The second-order valence-electron chi connectivity index (χ2n) is 4.60. The van der Waals surface area contributed by atoms with E-state index in [0.29, 0.717) is 0 Å². The zero-order valence-corrected chi connectivity index (χ0v) is 12.4. The first-order valence-electron chi connectivity index (χ1n) is 6.35. The Labute approximate surface area is 127 Å². The van der Waals surface area contributed by atoms with E-state index < -0.39 is 23.8 Å².